The summed E-state index contributed by atoms with van der Waals surface area (Å²) in [6.45, 7) is 0. The topological polar surface area (TPSA) is 9.23 Å². The first-order valence-electron chi connectivity index (χ1n) is 5.54. The first-order valence-corrected chi connectivity index (χ1v) is 7.13. The molecule has 2 aromatic carbocycles. The highest BCUT2D eigenvalue weighted by molar-refractivity contribution is 9.11. The lowest BCUT2D eigenvalue weighted by Crippen LogP contribution is -2.04. The second kappa shape index (κ2) is 5.77. The molecule has 2 rings (SSSR count). The average Bonchev–Trinajstić information content (AvgIpc) is 2.38. The number of halogens is 5. The van der Waals surface area contributed by atoms with Gasteiger partial charge in [0.15, 0.2) is 0 Å². The Kier molecular flexibility index (Phi) is 4.44. The Hall–Kier alpha value is -1.01. The Labute approximate surface area is 131 Å². The SMILES string of the molecule is COc1cccc(-c2cc(C(F)(F)F)ccc2Br)c1Br. The lowest BCUT2D eigenvalue weighted by Gasteiger charge is -2.13. The maximum atomic E-state index is 12.8. The van der Waals surface area contributed by atoms with Crippen LogP contribution in [0.2, 0.25) is 0 Å². The number of benzene rings is 2. The van der Waals surface area contributed by atoms with Crippen LogP contribution in [-0.4, -0.2) is 7.11 Å². The summed E-state index contributed by atoms with van der Waals surface area (Å²) in [4.78, 5) is 0. The van der Waals surface area contributed by atoms with E-state index < -0.39 is 11.7 Å². The molecule has 0 radical (unpaired) electrons. The van der Waals surface area contributed by atoms with E-state index in [9.17, 15) is 13.2 Å². The van der Waals surface area contributed by atoms with E-state index in [1.807, 2.05) is 0 Å². The summed E-state index contributed by atoms with van der Waals surface area (Å²) in [7, 11) is 1.51. The highest BCUT2D eigenvalue weighted by atomic mass is 79.9. The van der Waals surface area contributed by atoms with Crippen LogP contribution in [0.1, 0.15) is 5.56 Å². The summed E-state index contributed by atoms with van der Waals surface area (Å²) in [6.07, 6.45) is -4.37. The molecule has 2 aromatic rings. The summed E-state index contributed by atoms with van der Waals surface area (Å²) in [6, 6.07) is 8.74. The molecule has 6 heteroatoms. The molecule has 0 amide bonds. The maximum absolute atomic E-state index is 12.8. The number of alkyl halides is 3. The Morgan fingerprint density at radius 2 is 1.70 bits per heavy atom. The number of rotatable bonds is 2. The zero-order valence-electron chi connectivity index (χ0n) is 10.3. The van der Waals surface area contributed by atoms with Crippen LogP contribution < -0.4 is 4.74 Å². The van der Waals surface area contributed by atoms with Gasteiger partial charge in [-0.05, 0) is 45.8 Å². The van der Waals surface area contributed by atoms with Crippen molar-refractivity contribution in [3.63, 3.8) is 0 Å². The van der Waals surface area contributed by atoms with E-state index in [0.717, 1.165) is 12.1 Å². The molecule has 0 spiro atoms. The molecule has 0 heterocycles. The van der Waals surface area contributed by atoms with E-state index in [4.69, 9.17) is 4.74 Å². The van der Waals surface area contributed by atoms with Crippen LogP contribution in [0.25, 0.3) is 11.1 Å². The second-order valence-corrected chi connectivity index (χ2v) is 5.66. The molecule has 106 valence electrons. The summed E-state index contributed by atoms with van der Waals surface area (Å²) in [5.74, 6) is 0.562. The third kappa shape index (κ3) is 3.01. The van der Waals surface area contributed by atoms with Crippen molar-refractivity contribution in [3.8, 4) is 16.9 Å². The van der Waals surface area contributed by atoms with Gasteiger partial charge in [0.1, 0.15) is 5.75 Å². The highest BCUT2D eigenvalue weighted by Crippen LogP contribution is 2.41. The van der Waals surface area contributed by atoms with Gasteiger partial charge in [0.2, 0.25) is 0 Å². The standard InChI is InChI=1S/C14H9Br2F3O/c1-20-12-4-2-3-9(13(12)16)10-7-8(14(17,18)19)5-6-11(10)15/h2-7H,1H3. The van der Waals surface area contributed by atoms with Crippen LogP contribution in [-0.2, 0) is 6.18 Å². The molecule has 0 aliphatic heterocycles. The van der Waals surface area contributed by atoms with E-state index in [0.29, 0.717) is 25.8 Å². The maximum Gasteiger partial charge on any atom is 0.416 e. The molecule has 0 aliphatic rings. The molecule has 1 nitrogen and oxygen atoms in total. The summed E-state index contributed by atoms with van der Waals surface area (Å²) in [5.41, 5.74) is 0.387. The van der Waals surface area contributed by atoms with Gasteiger partial charge in [-0.3, -0.25) is 0 Å². The minimum atomic E-state index is -4.37. The van der Waals surface area contributed by atoms with Crippen LogP contribution in [0, 0.1) is 0 Å². The van der Waals surface area contributed by atoms with E-state index in [-0.39, 0.29) is 0 Å². The van der Waals surface area contributed by atoms with Crippen molar-refractivity contribution in [2.45, 2.75) is 6.18 Å². The molecular weight excluding hydrogens is 401 g/mol. The molecule has 0 N–H and O–H groups in total. The van der Waals surface area contributed by atoms with E-state index >= 15 is 0 Å². The van der Waals surface area contributed by atoms with Crippen LogP contribution >= 0.6 is 31.9 Å². The number of ether oxygens (including phenoxy) is 1. The molecule has 0 aromatic heterocycles. The minimum absolute atomic E-state index is 0.450. The zero-order chi connectivity index (χ0) is 14.9. The van der Waals surface area contributed by atoms with Gasteiger partial charge >= 0.3 is 6.18 Å². The van der Waals surface area contributed by atoms with E-state index in [1.54, 1.807) is 18.2 Å². The van der Waals surface area contributed by atoms with Crippen molar-refractivity contribution in [1.82, 2.24) is 0 Å². The van der Waals surface area contributed by atoms with Gasteiger partial charge in [0, 0.05) is 10.0 Å². The fraction of sp³-hybridized carbons (Fsp3) is 0.143. The Morgan fingerprint density at radius 3 is 2.30 bits per heavy atom. The van der Waals surface area contributed by atoms with Gasteiger partial charge in [-0.15, -0.1) is 0 Å². The summed E-state index contributed by atoms with van der Waals surface area (Å²) < 4.78 is 44.8. The quantitative estimate of drug-likeness (QED) is 0.599. The fourth-order valence-corrected chi connectivity index (χ4v) is 2.88. The van der Waals surface area contributed by atoms with Crippen molar-refractivity contribution >= 4 is 31.9 Å². The Bertz CT molecular complexity index is 639. The Balaban J connectivity index is 2.64. The van der Waals surface area contributed by atoms with Gasteiger partial charge in [-0.1, -0.05) is 28.1 Å². The third-order valence-electron chi connectivity index (χ3n) is 2.77. The second-order valence-electron chi connectivity index (χ2n) is 4.01. The van der Waals surface area contributed by atoms with Crippen molar-refractivity contribution in [1.29, 1.82) is 0 Å². The smallest absolute Gasteiger partial charge is 0.416 e. The predicted octanol–water partition coefficient (Wildman–Crippen LogP) is 5.91. The number of hydrogen-bond donors (Lipinski definition) is 0. The lowest BCUT2D eigenvalue weighted by atomic mass is 10.0. The minimum Gasteiger partial charge on any atom is -0.496 e. The first-order chi connectivity index (χ1) is 9.34. The third-order valence-corrected chi connectivity index (χ3v) is 4.28. The van der Waals surface area contributed by atoms with Gasteiger partial charge in [-0.25, -0.2) is 0 Å². The van der Waals surface area contributed by atoms with Gasteiger partial charge in [0.05, 0.1) is 17.1 Å². The predicted molar refractivity (Wildman–Crippen MR) is 78.8 cm³/mol. The average molecular weight is 410 g/mol. The lowest BCUT2D eigenvalue weighted by molar-refractivity contribution is -0.137. The van der Waals surface area contributed by atoms with E-state index in [2.05, 4.69) is 31.9 Å². The van der Waals surface area contributed by atoms with Crippen LogP contribution in [0.5, 0.6) is 5.75 Å². The molecule has 20 heavy (non-hydrogen) atoms. The van der Waals surface area contributed by atoms with Crippen molar-refractivity contribution in [2.24, 2.45) is 0 Å². The molecule has 0 fully saturated rings. The fourth-order valence-electron chi connectivity index (χ4n) is 1.78. The summed E-state index contributed by atoms with van der Waals surface area (Å²) in [5, 5.41) is 0. The van der Waals surface area contributed by atoms with Crippen LogP contribution in [0.15, 0.2) is 45.3 Å². The highest BCUT2D eigenvalue weighted by Gasteiger charge is 2.31. The molecule has 0 atom stereocenters. The number of hydrogen-bond acceptors (Lipinski definition) is 1. The summed E-state index contributed by atoms with van der Waals surface area (Å²) >= 11 is 6.65. The van der Waals surface area contributed by atoms with Crippen LogP contribution in [0.4, 0.5) is 13.2 Å². The van der Waals surface area contributed by atoms with Gasteiger partial charge < -0.3 is 4.74 Å². The Morgan fingerprint density at radius 1 is 1.00 bits per heavy atom. The van der Waals surface area contributed by atoms with E-state index in [1.165, 1.54) is 13.2 Å². The molecule has 0 bridgehead atoms. The molecule has 0 saturated heterocycles. The number of methoxy groups -OCH3 is 1. The molecule has 0 saturated carbocycles. The molecule has 0 aliphatic carbocycles. The normalized spacial score (nSPS) is 11.5. The van der Waals surface area contributed by atoms with Crippen molar-refractivity contribution in [2.75, 3.05) is 7.11 Å². The van der Waals surface area contributed by atoms with Gasteiger partial charge in [0.25, 0.3) is 0 Å². The largest absolute Gasteiger partial charge is 0.496 e. The molecule has 0 unspecified atom stereocenters. The van der Waals surface area contributed by atoms with Crippen molar-refractivity contribution in [3.05, 3.63) is 50.9 Å². The monoisotopic (exact) mass is 408 g/mol. The first kappa shape index (κ1) is 15.4. The molecular formula is C14H9Br2F3O. The zero-order valence-corrected chi connectivity index (χ0v) is 13.4. The van der Waals surface area contributed by atoms with Gasteiger partial charge in [-0.2, -0.15) is 13.2 Å². The van der Waals surface area contributed by atoms with Crippen LogP contribution in [0.3, 0.4) is 0 Å². The van der Waals surface area contributed by atoms with Crippen molar-refractivity contribution < 1.29 is 17.9 Å².